The van der Waals surface area contributed by atoms with Crippen molar-refractivity contribution >= 4 is 57.2 Å². The van der Waals surface area contributed by atoms with E-state index in [1.165, 1.54) is 32.8 Å². The quantitative estimate of drug-likeness (QED) is 0.596. The van der Waals surface area contributed by atoms with Crippen molar-refractivity contribution in [1.82, 2.24) is 19.4 Å². The maximum absolute atomic E-state index is 13.4. The number of fused-ring (bicyclic) bond motifs is 2. The number of nitrogens with one attached hydrogen (secondary N) is 2. The van der Waals surface area contributed by atoms with Gasteiger partial charge in [-0.15, -0.1) is 0 Å². The maximum Gasteiger partial charge on any atom is 0.334 e. The summed E-state index contributed by atoms with van der Waals surface area (Å²) in [6.45, 7) is 2.05. The van der Waals surface area contributed by atoms with E-state index in [0.29, 0.717) is 12.2 Å². The Balaban J connectivity index is 0.00000274. The fourth-order valence-corrected chi connectivity index (χ4v) is 6.74. The number of nitrogens with zero attached hydrogens (tertiary/aromatic N) is 4. The van der Waals surface area contributed by atoms with Crippen LogP contribution in [0.25, 0.3) is 0 Å². The van der Waals surface area contributed by atoms with E-state index < -0.39 is 16.2 Å². The molecule has 2 heterocycles. The molecule has 0 bridgehead atoms. The smallest absolute Gasteiger partial charge is 0.307 e. The number of hydrogen-bond donors (Lipinski definition) is 2. The molecule has 1 aromatic carbocycles. The van der Waals surface area contributed by atoms with Gasteiger partial charge in [0, 0.05) is 61.6 Å². The van der Waals surface area contributed by atoms with E-state index in [9.17, 15) is 13.2 Å². The second-order valence-electron chi connectivity index (χ2n) is 9.62. The molecule has 1 saturated heterocycles. The van der Waals surface area contributed by atoms with Crippen LogP contribution in [0.4, 0.5) is 16.2 Å². The predicted octanol–water partition coefficient (Wildman–Crippen LogP) is 1.84. The monoisotopic (exact) mass is 495 g/mol. The third kappa shape index (κ3) is 5.16. The van der Waals surface area contributed by atoms with Crippen molar-refractivity contribution in [2.45, 2.75) is 44.9 Å². The number of aryl methyl sites for hydroxylation is 3. The molecule has 1 radical (unpaired) electrons. The molecule has 0 saturated carbocycles. The Labute approximate surface area is 223 Å². The topological polar surface area (TPSA) is 99.6 Å². The summed E-state index contributed by atoms with van der Waals surface area (Å²) in [5.74, 6) is 0.190. The first kappa shape index (κ1) is 25.5. The van der Waals surface area contributed by atoms with Crippen LogP contribution >= 0.6 is 0 Å². The molecule has 11 heteroatoms. The van der Waals surface area contributed by atoms with Gasteiger partial charge in [0.25, 0.3) is 0 Å². The predicted molar refractivity (Wildman–Crippen MR) is 133 cm³/mol. The zero-order valence-electron chi connectivity index (χ0n) is 20.3. The average molecular weight is 496 g/mol. The second kappa shape index (κ2) is 10.2. The Morgan fingerprint density at radius 1 is 1.15 bits per heavy atom. The molecule has 1 atom stereocenters. The van der Waals surface area contributed by atoms with Gasteiger partial charge in [-0.25, -0.2) is 13.8 Å². The summed E-state index contributed by atoms with van der Waals surface area (Å²) in [4.78, 5) is 15.2. The van der Waals surface area contributed by atoms with Crippen LogP contribution in [-0.2, 0) is 42.9 Å². The van der Waals surface area contributed by atoms with E-state index in [1.54, 1.807) is 17.9 Å². The minimum atomic E-state index is -4.12. The molecule has 2 N–H and O–H groups in total. The van der Waals surface area contributed by atoms with Gasteiger partial charge in [-0.1, -0.05) is 6.07 Å². The first-order chi connectivity index (χ1) is 15.8. The van der Waals surface area contributed by atoms with Crippen LogP contribution < -0.4 is 14.3 Å². The summed E-state index contributed by atoms with van der Waals surface area (Å²) in [7, 11) is -0.338. The van der Waals surface area contributed by atoms with Crippen LogP contribution in [0.2, 0.25) is 0 Å². The zero-order valence-corrected chi connectivity index (χ0v) is 23.1. The minimum absolute atomic E-state index is 0. The molecular weight excluding hydrogens is 463 g/mol. The molecular formula is C23H32N6NaO3S. The normalized spacial score (nSPS) is 19.4. The van der Waals surface area contributed by atoms with E-state index in [1.807, 2.05) is 7.05 Å². The van der Waals surface area contributed by atoms with Gasteiger partial charge in [-0.2, -0.15) is 13.5 Å². The molecule has 2 aromatic rings. The van der Waals surface area contributed by atoms with E-state index in [4.69, 9.17) is 0 Å². The van der Waals surface area contributed by atoms with Crippen LogP contribution in [0, 0.1) is 5.92 Å². The standard InChI is InChI=1S/C23H32N6O3S.Na/c1-27-10-9-16(13-27)14-29(19-12-24-28(2)15-19)33(31,32)26-23(30)25-22-20-7-3-5-17(20)11-18-6-4-8-21(18)22;/h11-12,15-16H,3-10,13-14H2,1-2H3,(H2,25,26,30);. The molecule has 3 aliphatic rings. The molecule has 1 unspecified atom stereocenters. The largest absolute Gasteiger partial charge is 0.334 e. The van der Waals surface area contributed by atoms with Gasteiger partial charge < -0.3 is 10.2 Å². The Kier molecular flexibility index (Phi) is 7.64. The molecule has 1 aromatic heterocycles. The van der Waals surface area contributed by atoms with Crippen molar-refractivity contribution in [3.63, 3.8) is 0 Å². The number of anilines is 2. The van der Waals surface area contributed by atoms with E-state index in [2.05, 4.69) is 26.1 Å². The van der Waals surface area contributed by atoms with Crippen molar-refractivity contribution in [3.8, 4) is 0 Å². The molecule has 2 amide bonds. The summed E-state index contributed by atoms with van der Waals surface area (Å²) in [5, 5.41) is 7.06. The number of carbonyl (C=O) groups excluding carboxylic acids is 1. The number of carbonyl (C=O) groups is 1. The summed E-state index contributed by atoms with van der Waals surface area (Å²) < 4.78 is 31.9. The SMILES string of the molecule is CN1CCC(CN(c2cnn(C)c2)S(=O)(=O)NC(=O)Nc2c3c(cc4c2CCC4)CCC3)C1.[Na]. The first-order valence-corrected chi connectivity index (χ1v) is 13.2. The zero-order chi connectivity index (χ0) is 23.2. The first-order valence-electron chi connectivity index (χ1n) is 11.8. The number of rotatable bonds is 6. The van der Waals surface area contributed by atoms with Gasteiger partial charge in [0.15, 0.2) is 0 Å². The van der Waals surface area contributed by atoms with Gasteiger partial charge in [0.2, 0.25) is 0 Å². The Morgan fingerprint density at radius 2 is 1.82 bits per heavy atom. The van der Waals surface area contributed by atoms with Crippen LogP contribution in [0.15, 0.2) is 18.5 Å². The fourth-order valence-electron chi connectivity index (χ4n) is 5.57. The second-order valence-corrected chi connectivity index (χ2v) is 11.2. The number of hydrogen-bond acceptors (Lipinski definition) is 5. The van der Waals surface area contributed by atoms with Crippen LogP contribution in [0.5, 0.6) is 0 Å². The van der Waals surface area contributed by atoms with Crippen LogP contribution in [0.3, 0.4) is 0 Å². The Morgan fingerprint density at radius 3 is 2.38 bits per heavy atom. The number of benzene rings is 1. The molecule has 9 nitrogen and oxygen atoms in total. The molecule has 34 heavy (non-hydrogen) atoms. The van der Waals surface area contributed by atoms with Crippen LogP contribution in [0.1, 0.15) is 41.5 Å². The summed E-state index contributed by atoms with van der Waals surface area (Å²) in [5.41, 5.74) is 6.19. The number of likely N-dealkylation sites (tertiary alicyclic amines) is 1. The molecule has 5 rings (SSSR count). The van der Waals surface area contributed by atoms with Crippen molar-refractivity contribution in [2.75, 3.05) is 36.3 Å². The van der Waals surface area contributed by atoms with Gasteiger partial charge in [-0.05, 0) is 86.7 Å². The third-order valence-electron chi connectivity index (χ3n) is 7.12. The van der Waals surface area contributed by atoms with Gasteiger partial charge in [0.1, 0.15) is 0 Å². The van der Waals surface area contributed by atoms with Crippen LogP contribution in [-0.4, -0.2) is 85.4 Å². The molecule has 179 valence electrons. The summed E-state index contributed by atoms with van der Waals surface area (Å²) in [6.07, 6.45) is 10.1. The molecule has 0 spiro atoms. The van der Waals surface area contributed by atoms with E-state index in [0.717, 1.165) is 63.7 Å². The van der Waals surface area contributed by atoms with E-state index in [-0.39, 0.29) is 35.5 Å². The van der Waals surface area contributed by atoms with Crippen molar-refractivity contribution in [3.05, 3.63) is 40.7 Å². The minimum Gasteiger partial charge on any atom is -0.307 e. The number of urea groups is 1. The molecule has 1 fully saturated rings. The van der Waals surface area contributed by atoms with Gasteiger partial charge in [-0.3, -0.25) is 4.68 Å². The third-order valence-corrected chi connectivity index (χ3v) is 8.50. The summed E-state index contributed by atoms with van der Waals surface area (Å²) in [6, 6.07) is 1.58. The Bertz CT molecular complexity index is 1150. The average Bonchev–Trinajstić information content (AvgIpc) is 3.53. The molecule has 1 aliphatic heterocycles. The van der Waals surface area contributed by atoms with Crippen molar-refractivity contribution in [1.29, 1.82) is 0 Å². The van der Waals surface area contributed by atoms with Crippen molar-refractivity contribution < 1.29 is 13.2 Å². The maximum atomic E-state index is 13.4. The number of amides is 2. The Hall–Kier alpha value is -1.59. The summed E-state index contributed by atoms with van der Waals surface area (Å²) >= 11 is 0. The fraction of sp³-hybridized carbons (Fsp3) is 0.565. The van der Waals surface area contributed by atoms with Crippen molar-refractivity contribution in [2.24, 2.45) is 13.0 Å². The van der Waals surface area contributed by atoms with Gasteiger partial charge in [0.05, 0.1) is 11.9 Å². The van der Waals surface area contributed by atoms with E-state index >= 15 is 0 Å². The van der Waals surface area contributed by atoms with Gasteiger partial charge >= 0.3 is 16.2 Å². The molecule has 2 aliphatic carbocycles. The number of aromatic nitrogens is 2.